The van der Waals surface area contributed by atoms with Crippen LogP contribution >= 0.6 is 27.3 Å². The highest BCUT2D eigenvalue weighted by molar-refractivity contribution is 9.11. The van der Waals surface area contributed by atoms with Crippen molar-refractivity contribution in [2.75, 3.05) is 11.9 Å². The Hall–Kier alpha value is -0.980. The molecule has 3 nitrogen and oxygen atoms in total. The van der Waals surface area contributed by atoms with Crippen LogP contribution in [0.1, 0.15) is 11.1 Å². The molecule has 2 heterocycles. The molecule has 2 aromatic rings. The first-order valence-corrected chi connectivity index (χ1v) is 7.06. The predicted octanol–water partition coefficient (Wildman–Crippen LogP) is 3.14. The summed E-state index contributed by atoms with van der Waals surface area (Å²) in [7, 11) is 1.92. The highest BCUT2D eigenvalue weighted by Crippen LogP contribution is 2.24. The van der Waals surface area contributed by atoms with Crippen LogP contribution < -0.4 is 10.6 Å². The van der Waals surface area contributed by atoms with Crippen LogP contribution in [0.5, 0.6) is 0 Å². The maximum atomic E-state index is 13.1. The van der Waals surface area contributed by atoms with Gasteiger partial charge in [-0.1, -0.05) is 0 Å². The second kappa shape index (κ2) is 5.77. The van der Waals surface area contributed by atoms with Crippen LogP contribution in [-0.2, 0) is 13.1 Å². The number of pyridine rings is 1. The first-order chi connectivity index (χ1) is 8.60. The van der Waals surface area contributed by atoms with Crippen molar-refractivity contribution in [3.63, 3.8) is 0 Å². The van der Waals surface area contributed by atoms with Crippen molar-refractivity contribution in [2.45, 2.75) is 13.1 Å². The fraction of sp³-hybridized carbons (Fsp3) is 0.250. The van der Waals surface area contributed by atoms with Crippen LogP contribution in [0.2, 0.25) is 0 Å². The Morgan fingerprint density at radius 1 is 1.50 bits per heavy atom. The number of aromatic nitrogens is 1. The number of halogens is 2. The van der Waals surface area contributed by atoms with Gasteiger partial charge in [0.25, 0.3) is 0 Å². The quantitative estimate of drug-likeness (QED) is 0.936. The maximum Gasteiger partial charge on any atom is 0.141 e. The molecule has 2 rings (SSSR count). The van der Waals surface area contributed by atoms with Gasteiger partial charge in [0.1, 0.15) is 11.6 Å². The van der Waals surface area contributed by atoms with Crippen molar-refractivity contribution in [1.82, 2.24) is 4.98 Å². The monoisotopic (exact) mass is 329 g/mol. The molecule has 0 saturated carbocycles. The molecule has 0 bridgehead atoms. The summed E-state index contributed by atoms with van der Waals surface area (Å²) < 4.78 is 14.2. The number of hydrogen-bond donors (Lipinski definition) is 1. The molecule has 0 atom stereocenters. The SMILES string of the molecule is CN(Cc1csc(Br)c1)c1ncc(F)cc1CN. The highest BCUT2D eigenvalue weighted by atomic mass is 79.9. The zero-order valence-corrected chi connectivity index (χ0v) is 12.3. The average Bonchev–Trinajstić information content (AvgIpc) is 2.74. The zero-order valence-electron chi connectivity index (χ0n) is 9.86. The van der Waals surface area contributed by atoms with Gasteiger partial charge in [0.15, 0.2) is 0 Å². The molecule has 0 saturated heterocycles. The first-order valence-electron chi connectivity index (χ1n) is 5.38. The lowest BCUT2D eigenvalue weighted by Gasteiger charge is -2.20. The molecule has 6 heteroatoms. The van der Waals surface area contributed by atoms with Crippen molar-refractivity contribution < 1.29 is 4.39 Å². The van der Waals surface area contributed by atoms with E-state index in [-0.39, 0.29) is 12.4 Å². The van der Waals surface area contributed by atoms with Crippen LogP contribution in [0.25, 0.3) is 0 Å². The van der Waals surface area contributed by atoms with Gasteiger partial charge in [0.2, 0.25) is 0 Å². The summed E-state index contributed by atoms with van der Waals surface area (Å²) in [6.07, 6.45) is 1.22. The van der Waals surface area contributed by atoms with Gasteiger partial charge in [0, 0.05) is 25.7 Å². The molecule has 0 fully saturated rings. The van der Waals surface area contributed by atoms with Gasteiger partial charge < -0.3 is 10.6 Å². The lowest BCUT2D eigenvalue weighted by molar-refractivity contribution is 0.617. The van der Waals surface area contributed by atoms with Gasteiger partial charge in [-0.3, -0.25) is 0 Å². The van der Waals surface area contributed by atoms with Crippen molar-refractivity contribution in [1.29, 1.82) is 0 Å². The molecule has 0 aliphatic carbocycles. The topological polar surface area (TPSA) is 42.2 Å². The number of nitrogens with two attached hydrogens (primary N) is 1. The minimum atomic E-state index is -0.356. The maximum absolute atomic E-state index is 13.1. The highest BCUT2D eigenvalue weighted by Gasteiger charge is 2.10. The van der Waals surface area contributed by atoms with Gasteiger partial charge in [-0.2, -0.15) is 0 Å². The molecule has 0 radical (unpaired) electrons. The Balaban J connectivity index is 2.20. The molecule has 2 N–H and O–H groups in total. The van der Waals surface area contributed by atoms with E-state index in [9.17, 15) is 4.39 Å². The first kappa shape index (κ1) is 13.5. The largest absolute Gasteiger partial charge is 0.355 e. The predicted molar refractivity (Wildman–Crippen MR) is 76.2 cm³/mol. The third-order valence-electron chi connectivity index (χ3n) is 2.53. The summed E-state index contributed by atoms with van der Waals surface area (Å²) in [5.41, 5.74) is 7.51. The van der Waals surface area contributed by atoms with E-state index in [1.54, 1.807) is 11.3 Å². The molecule has 0 aliphatic rings. The van der Waals surface area contributed by atoms with Crippen molar-refractivity contribution in [3.8, 4) is 0 Å². The van der Waals surface area contributed by atoms with Crippen LogP contribution in [-0.4, -0.2) is 12.0 Å². The molecule has 96 valence electrons. The Morgan fingerprint density at radius 2 is 2.28 bits per heavy atom. The lowest BCUT2D eigenvalue weighted by Crippen LogP contribution is -2.20. The number of nitrogens with zero attached hydrogens (tertiary/aromatic N) is 2. The summed E-state index contributed by atoms with van der Waals surface area (Å²) >= 11 is 5.07. The molecule has 2 aromatic heterocycles. The summed E-state index contributed by atoms with van der Waals surface area (Å²) in [5.74, 6) is 0.368. The van der Waals surface area contributed by atoms with Gasteiger partial charge in [-0.25, -0.2) is 9.37 Å². The summed E-state index contributed by atoms with van der Waals surface area (Å²) in [5, 5.41) is 2.08. The fourth-order valence-corrected chi connectivity index (χ4v) is 2.95. The Morgan fingerprint density at radius 3 is 2.89 bits per heavy atom. The van der Waals surface area contributed by atoms with E-state index in [0.717, 1.165) is 9.60 Å². The van der Waals surface area contributed by atoms with E-state index in [1.807, 2.05) is 11.9 Å². The third-order valence-corrected chi connectivity index (χ3v) is 4.09. The van der Waals surface area contributed by atoms with E-state index in [1.165, 1.54) is 17.8 Å². The molecule has 0 aliphatic heterocycles. The Bertz CT molecular complexity index is 544. The van der Waals surface area contributed by atoms with Crippen LogP contribution in [0.15, 0.2) is 27.5 Å². The Labute approximate surface area is 118 Å². The third kappa shape index (κ3) is 3.07. The van der Waals surface area contributed by atoms with E-state index in [4.69, 9.17) is 5.73 Å². The van der Waals surface area contributed by atoms with Crippen LogP contribution in [0.4, 0.5) is 10.2 Å². The smallest absolute Gasteiger partial charge is 0.141 e. The average molecular weight is 330 g/mol. The minimum absolute atomic E-state index is 0.276. The van der Waals surface area contributed by atoms with Gasteiger partial charge in [-0.15, -0.1) is 11.3 Å². The summed E-state index contributed by atoms with van der Waals surface area (Å²) in [6, 6.07) is 3.50. The number of anilines is 1. The van der Waals surface area contributed by atoms with Gasteiger partial charge >= 0.3 is 0 Å². The summed E-state index contributed by atoms with van der Waals surface area (Å²) in [4.78, 5) is 6.08. The molecule has 0 aromatic carbocycles. The van der Waals surface area contributed by atoms with E-state index in [0.29, 0.717) is 12.1 Å². The van der Waals surface area contributed by atoms with Crippen molar-refractivity contribution >= 4 is 33.1 Å². The van der Waals surface area contributed by atoms with E-state index < -0.39 is 0 Å². The zero-order chi connectivity index (χ0) is 13.1. The molecular weight excluding hydrogens is 317 g/mol. The number of thiophene rings is 1. The lowest BCUT2D eigenvalue weighted by atomic mass is 10.2. The number of hydrogen-bond acceptors (Lipinski definition) is 4. The molecular formula is C12H13BrFN3S. The van der Waals surface area contributed by atoms with E-state index in [2.05, 4.69) is 32.4 Å². The standard InChI is InChI=1S/C12H13BrFN3S/c1-17(6-8-2-11(13)18-7-8)12-9(4-15)3-10(14)5-16-12/h2-3,5,7H,4,6,15H2,1H3. The molecule has 18 heavy (non-hydrogen) atoms. The molecule has 0 unspecified atom stereocenters. The second-order valence-corrected chi connectivity index (χ2v) is 6.25. The second-order valence-electron chi connectivity index (χ2n) is 3.96. The fourth-order valence-electron chi connectivity index (χ4n) is 1.75. The summed E-state index contributed by atoms with van der Waals surface area (Å²) in [6.45, 7) is 0.992. The van der Waals surface area contributed by atoms with Crippen molar-refractivity contribution in [2.24, 2.45) is 5.73 Å². The molecule has 0 spiro atoms. The van der Waals surface area contributed by atoms with Crippen LogP contribution in [0.3, 0.4) is 0 Å². The molecule has 0 amide bonds. The van der Waals surface area contributed by atoms with Gasteiger partial charge in [-0.05, 0) is 39.0 Å². The van der Waals surface area contributed by atoms with Crippen LogP contribution in [0, 0.1) is 5.82 Å². The normalized spacial score (nSPS) is 10.7. The Kier molecular flexibility index (Phi) is 4.31. The van der Waals surface area contributed by atoms with Gasteiger partial charge in [0.05, 0.1) is 9.98 Å². The minimum Gasteiger partial charge on any atom is -0.355 e. The van der Waals surface area contributed by atoms with E-state index >= 15 is 0 Å². The van der Waals surface area contributed by atoms with Crippen molar-refractivity contribution in [3.05, 3.63) is 44.4 Å². The number of rotatable bonds is 4.